The largest absolute Gasteiger partial charge is 0.437 e. The van der Waals surface area contributed by atoms with Crippen molar-refractivity contribution >= 4 is 5.91 Å². The smallest absolute Gasteiger partial charge is 0.241 e. The number of benzene rings is 1. The summed E-state index contributed by atoms with van der Waals surface area (Å²) in [6, 6.07) is 5.81. The van der Waals surface area contributed by atoms with Crippen LogP contribution in [0.2, 0.25) is 0 Å². The summed E-state index contributed by atoms with van der Waals surface area (Å²) >= 11 is 0. The molecule has 2 heterocycles. The molecule has 132 valence electrons. The van der Waals surface area contributed by atoms with E-state index in [1.165, 1.54) is 12.1 Å². The highest BCUT2D eigenvalue weighted by Crippen LogP contribution is 2.32. The van der Waals surface area contributed by atoms with E-state index in [1.54, 1.807) is 31.6 Å². The standard InChI is InChI=1S/C18H21FN4O2/c1-20-16(24)12-23-10-2-3-13(11-23)17-18(22-9-8-21-17)25-15-6-4-14(19)5-7-15/h4-9,13H,2-3,10-12H2,1H3,(H,20,24)/t13-/m0/s1. The number of rotatable bonds is 5. The van der Waals surface area contributed by atoms with Crippen molar-refractivity contribution < 1.29 is 13.9 Å². The molecule has 1 fully saturated rings. The van der Waals surface area contributed by atoms with Crippen LogP contribution in [-0.4, -0.2) is 47.5 Å². The molecular weight excluding hydrogens is 323 g/mol. The van der Waals surface area contributed by atoms with E-state index in [0.29, 0.717) is 18.2 Å². The van der Waals surface area contributed by atoms with Gasteiger partial charge >= 0.3 is 0 Å². The molecular formula is C18H21FN4O2. The Morgan fingerprint density at radius 2 is 2.08 bits per heavy atom. The Hall–Kier alpha value is -2.54. The van der Waals surface area contributed by atoms with Crippen LogP contribution in [0.1, 0.15) is 24.5 Å². The van der Waals surface area contributed by atoms with E-state index in [1.807, 2.05) is 0 Å². The Kier molecular flexibility index (Phi) is 5.55. The van der Waals surface area contributed by atoms with Crippen LogP contribution in [0.5, 0.6) is 11.6 Å². The lowest BCUT2D eigenvalue weighted by Gasteiger charge is -2.32. The monoisotopic (exact) mass is 344 g/mol. The van der Waals surface area contributed by atoms with Gasteiger partial charge in [0.1, 0.15) is 17.3 Å². The van der Waals surface area contributed by atoms with Crippen LogP contribution >= 0.6 is 0 Å². The predicted octanol–water partition coefficient (Wildman–Crippen LogP) is 2.33. The number of halogens is 1. The summed E-state index contributed by atoms with van der Waals surface area (Å²) in [5.41, 5.74) is 0.772. The number of nitrogens with one attached hydrogen (secondary N) is 1. The average molecular weight is 344 g/mol. The first kappa shape index (κ1) is 17.3. The number of ether oxygens (including phenoxy) is 1. The molecule has 0 saturated carbocycles. The number of carbonyl (C=O) groups is 1. The topological polar surface area (TPSA) is 67.4 Å². The Morgan fingerprint density at radius 3 is 2.84 bits per heavy atom. The molecule has 0 unspecified atom stereocenters. The van der Waals surface area contributed by atoms with Gasteiger partial charge in [0.15, 0.2) is 0 Å². The van der Waals surface area contributed by atoms with E-state index < -0.39 is 0 Å². The molecule has 6 nitrogen and oxygen atoms in total. The van der Waals surface area contributed by atoms with E-state index in [0.717, 1.165) is 31.6 Å². The lowest BCUT2D eigenvalue weighted by molar-refractivity contribution is -0.122. The molecule has 1 amide bonds. The second-order valence-electron chi connectivity index (χ2n) is 6.05. The second kappa shape index (κ2) is 8.02. The molecule has 1 atom stereocenters. The van der Waals surface area contributed by atoms with Crippen molar-refractivity contribution in [2.45, 2.75) is 18.8 Å². The maximum atomic E-state index is 13.1. The zero-order chi connectivity index (χ0) is 17.6. The first-order chi connectivity index (χ1) is 12.2. The molecule has 3 rings (SSSR count). The van der Waals surface area contributed by atoms with Crippen molar-refractivity contribution in [2.24, 2.45) is 0 Å². The average Bonchev–Trinajstić information content (AvgIpc) is 2.64. The number of piperidine rings is 1. The number of likely N-dealkylation sites (tertiary alicyclic amines) is 1. The van der Waals surface area contributed by atoms with Gasteiger partial charge in [0.2, 0.25) is 11.8 Å². The maximum absolute atomic E-state index is 13.1. The molecule has 1 aromatic heterocycles. The van der Waals surface area contributed by atoms with Gasteiger partial charge in [-0.1, -0.05) is 0 Å². The molecule has 0 aliphatic carbocycles. The molecule has 1 aliphatic heterocycles. The van der Waals surface area contributed by atoms with Gasteiger partial charge in [0, 0.05) is 31.9 Å². The molecule has 1 N–H and O–H groups in total. The van der Waals surface area contributed by atoms with Crippen LogP contribution < -0.4 is 10.1 Å². The van der Waals surface area contributed by atoms with Gasteiger partial charge in [-0.15, -0.1) is 0 Å². The summed E-state index contributed by atoms with van der Waals surface area (Å²) in [5, 5.41) is 2.65. The highest BCUT2D eigenvalue weighted by atomic mass is 19.1. The summed E-state index contributed by atoms with van der Waals surface area (Å²) in [7, 11) is 1.64. The summed E-state index contributed by atoms with van der Waals surface area (Å²) in [6.45, 7) is 1.99. The van der Waals surface area contributed by atoms with Gasteiger partial charge in [-0.2, -0.15) is 0 Å². The van der Waals surface area contributed by atoms with Crippen molar-refractivity contribution in [1.29, 1.82) is 0 Å². The quantitative estimate of drug-likeness (QED) is 0.902. The van der Waals surface area contributed by atoms with Gasteiger partial charge < -0.3 is 10.1 Å². The lowest BCUT2D eigenvalue weighted by Crippen LogP contribution is -2.41. The number of carbonyl (C=O) groups excluding carboxylic acids is 1. The van der Waals surface area contributed by atoms with Crippen LogP contribution in [0.4, 0.5) is 4.39 Å². The van der Waals surface area contributed by atoms with E-state index in [4.69, 9.17) is 4.74 Å². The first-order valence-electron chi connectivity index (χ1n) is 8.33. The maximum Gasteiger partial charge on any atom is 0.241 e. The number of hydrogen-bond acceptors (Lipinski definition) is 5. The van der Waals surface area contributed by atoms with Gasteiger partial charge in [-0.05, 0) is 43.7 Å². The summed E-state index contributed by atoms with van der Waals surface area (Å²) in [6.07, 6.45) is 5.16. The van der Waals surface area contributed by atoms with Crippen molar-refractivity contribution in [1.82, 2.24) is 20.2 Å². The van der Waals surface area contributed by atoms with Crippen LogP contribution in [0.25, 0.3) is 0 Å². The Balaban J connectivity index is 1.75. The lowest BCUT2D eigenvalue weighted by atomic mass is 9.94. The van der Waals surface area contributed by atoms with Crippen molar-refractivity contribution in [2.75, 3.05) is 26.7 Å². The van der Waals surface area contributed by atoms with Crippen molar-refractivity contribution in [3.05, 3.63) is 48.2 Å². The number of likely N-dealkylation sites (N-methyl/N-ethyl adjacent to an activating group) is 1. The highest BCUT2D eigenvalue weighted by Gasteiger charge is 2.26. The molecule has 0 spiro atoms. The molecule has 2 aromatic rings. The summed E-state index contributed by atoms with van der Waals surface area (Å²) < 4.78 is 18.9. The molecule has 1 saturated heterocycles. The van der Waals surface area contributed by atoms with Crippen LogP contribution in [0.15, 0.2) is 36.7 Å². The van der Waals surface area contributed by atoms with Gasteiger partial charge in [0.05, 0.1) is 6.54 Å². The van der Waals surface area contributed by atoms with Crippen molar-refractivity contribution in [3.63, 3.8) is 0 Å². The Bertz CT molecular complexity index is 723. The Labute approximate surface area is 146 Å². The fourth-order valence-electron chi connectivity index (χ4n) is 3.01. The fourth-order valence-corrected chi connectivity index (χ4v) is 3.01. The fraction of sp³-hybridized carbons (Fsp3) is 0.389. The molecule has 25 heavy (non-hydrogen) atoms. The van der Waals surface area contributed by atoms with Crippen LogP contribution in [0.3, 0.4) is 0 Å². The highest BCUT2D eigenvalue weighted by molar-refractivity contribution is 5.77. The second-order valence-corrected chi connectivity index (χ2v) is 6.05. The van der Waals surface area contributed by atoms with E-state index in [2.05, 4.69) is 20.2 Å². The third kappa shape index (κ3) is 4.51. The first-order valence-corrected chi connectivity index (χ1v) is 8.33. The minimum atomic E-state index is -0.316. The summed E-state index contributed by atoms with van der Waals surface area (Å²) in [5.74, 6) is 0.774. The Morgan fingerprint density at radius 1 is 1.32 bits per heavy atom. The minimum absolute atomic E-state index is 0.00239. The predicted molar refractivity (Wildman–Crippen MR) is 91.0 cm³/mol. The molecule has 7 heteroatoms. The molecule has 0 radical (unpaired) electrons. The third-order valence-electron chi connectivity index (χ3n) is 4.26. The number of nitrogens with zero attached hydrogens (tertiary/aromatic N) is 3. The van der Waals surface area contributed by atoms with E-state index in [9.17, 15) is 9.18 Å². The number of aromatic nitrogens is 2. The van der Waals surface area contributed by atoms with E-state index >= 15 is 0 Å². The van der Waals surface area contributed by atoms with Gasteiger partial charge in [0.25, 0.3) is 0 Å². The third-order valence-corrected chi connectivity index (χ3v) is 4.26. The van der Waals surface area contributed by atoms with Crippen molar-refractivity contribution in [3.8, 4) is 11.6 Å². The minimum Gasteiger partial charge on any atom is -0.437 e. The van der Waals surface area contributed by atoms with Gasteiger partial charge in [-0.25, -0.2) is 9.37 Å². The van der Waals surface area contributed by atoms with E-state index in [-0.39, 0.29) is 17.6 Å². The molecule has 1 aliphatic rings. The number of amides is 1. The van der Waals surface area contributed by atoms with Gasteiger partial charge in [-0.3, -0.25) is 14.7 Å². The van der Waals surface area contributed by atoms with Crippen LogP contribution in [-0.2, 0) is 4.79 Å². The summed E-state index contributed by atoms with van der Waals surface area (Å²) in [4.78, 5) is 22.5. The molecule has 1 aromatic carbocycles. The molecule has 0 bridgehead atoms. The SMILES string of the molecule is CNC(=O)CN1CCC[C@H](c2nccnc2Oc2ccc(F)cc2)C1. The zero-order valence-electron chi connectivity index (χ0n) is 14.1. The van der Waals surface area contributed by atoms with Crippen LogP contribution in [0, 0.1) is 5.82 Å². The zero-order valence-corrected chi connectivity index (χ0v) is 14.1. The normalized spacial score (nSPS) is 17.9. The number of hydrogen-bond donors (Lipinski definition) is 1.